The normalized spacial score (nSPS) is 10.4. The van der Waals surface area contributed by atoms with Crippen molar-refractivity contribution >= 4 is 11.8 Å². The van der Waals surface area contributed by atoms with Gasteiger partial charge in [0.05, 0.1) is 6.20 Å². The lowest BCUT2D eigenvalue weighted by molar-refractivity contribution is 0.473. The van der Waals surface area contributed by atoms with Gasteiger partial charge in [0, 0.05) is 23.2 Å². The van der Waals surface area contributed by atoms with Gasteiger partial charge in [-0.3, -0.25) is 4.98 Å². The lowest BCUT2D eigenvalue weighted by Gasteiger charge is -2.11. The Balaban J connectivity index is 2.26. The van der Waals surface area contributed by atoms with Crippen LogP contribution in [-0.4, -0.2) is 11.2 Å². The predicted octanol–water partition coefficient (Wildman–Crippen LogP) is 3.36. The van der Waals surface area contributed by atoms with Gasteiger partial charge in [-0.25, -0.2) is 0 Å². The first kappa shape index (κ1) is 12.9. The van der Waals surface area contributed by atoms with E-state index in [1.807, 2.05) is 18.2 Å². The number of aryl methyl sites for hydroxylation is 1. The molecule has 1 aromatic heterocycles. The van der Waals surface area contributed by atoms with Crippen LogP contribution < -0.4 is 10.5 Å². The number of benzene rings is 1. The molecule has 2 N–H and O–H groups in total. The van der Waals surface area contributed by atoms with Crippen molar-refractivity contribution in [3.05, 3.63) is 47.8 Å². The third kappa shape index (κ3) is 2.83. The fourth-order valence-electron chi connectivity index (χ4n) is 1.71. The number of aromatic nitrogens is 1. The van der Waals surface area contributed by atoms with Crippen LogP contribution in [0, 0.1) is 6.92 Å². The first-order chi connectivity index (χ1) is 8.74. The number of nitrogens with two attached hydrogens (primary N) is 1. The minimum absolute atomic E-state index is 0.444. The molecule has 0 radical (unpaired) electrons. The number of ether oxygens (including phenoxy) is 1. The van der Waals surface area contributed by atoms with Crippen LogP contribution in [0.1, 0.15) is 11.1 Å². The minimum Gasteiger partial charge on any atom is -0.455 e. The van der Waals surface area contributed by atoms with Gasteiger partial charge < -0.3 is 10.5 Å². The Bertz CT molecular complexity index is 543. The molecule has 0 bridgehead atoms. The van der Waals surface area contributed by atoms with Crippen molar-refractivity contribution in [3.63, 3.8) is 0 Å². The Kier molecular flexibility index (Phi) is 4.23. The Morgan fingerprint density at radius 3 is 2.83 bits per heavy atom. The summed E-state index contributed by atoms with van der Waals surface area (Å²) in [5, 5.41) is 0. The summed E-state index contributed by atoms with van der Waals surface area (Å²) in [5.74, 6) is 1.53. The highest BCUT2D eigenvalue weighted by Crippen LogP contribution is 2.28. The van der Waals surface area contributed by atoms with Crippen molar-refractivity contribution in [1.82, 2.24) is 4.98 Å². The molecule has 0 fully saturated rings. The summed E-state index contributed by atoms with van der Waals surface area (Å²) in [5.41, 5.74) is 7.83. The maximum absolute atomic E-state index is 5.83. The first-order valence-electron chi connectivity index (χ1n) is 5.70. The largest absolute Gasteiger partial charge is 0.455 e. The molecule has 0 spiro atoms. The number of rotatable bonds is 4. The van der Waals surface area contributed by atoms with Gasteiger partial charge in [-0.05, 0) is 43.0 Å². The van der Waals surface area contributed by atoms with Crippen molar-refractivity contribution in [2.75, 3.05) is 6.26 Å². The third-order valence-corrected chi connectivity index (χ3v) is 3.58. The minimum atomic E-state index is 0.444. The molecule has 0 unspecified atom stereocenters. The molecule has 0 amide bonds. The fraction of sp³-hybridized carbons (Fsp3) is 0.214. The Morgan fingerprint density at radius 1 is 1.33 bits per heavy atom. The zero-order chi connectivity index (χ0) is 13.0. The summed E-state index contributed by atoms with van der Waals surface area (Å²) in [6.45, 7) is 2.52. The van der Waals surface area contributed by atoms with Gasteiger partial charge in [0.2, 0.25) is 0 Å². The van der Waals surface area contributed by atoms with E-state index in [1.54, 1.807) is 24.2 Å². The molecule has 0 saturated carbocycles. The van der Waals surface area contributed by atoms with Gasteiger partial charge in [0.1, 0.15) is 11.5 Å². The number of pyridine rings is 1. The topological polar surface area (TPSA) is 48.1 Å². The highest BCUT2D eigenvalue weighted by atomic mass is 32.2. The van der Waals surface area contributed by atoms with Crippen LogP contribution >= 0.6 is 11.8 Å². The van der Waals surface area contributed by atoms with E-state index < -0.39 is 0 Å². The highest BCUT2D eigenvalue weighted by Gasteiger charge is 2.05. The van der Waals surface area contributed by atoms with Gasteiger partial charge in [-0.15, -0.1) is 11.8 Å². The summed E-state index contributed by atoms with van der Waals surface area (Å²) in [7, 11) is 0. The summed E-state index contributed by atoms with van der Waals surface area (Å²) in [6, 6.07) is 7.93. The molecule has 2 rings (SSSR count). The van der Waals surface area contributed by atoms with E-state index in [-0.39, 0.29) is 0 Å². The van der Waals surface area contributed by atoms with Crippen LogP contribution in [0.3, 0.4) is 0 Å². The third-order valence-electron chi connectivity index (χ3n) is 2.68. The van der Waals surface area contributed by atoms with Crippen molar-refractivity contribution in [3.8, 4) is 11.5 Å². The molecule has 0 aliphatic rings. The van der Waals surface area contributed by atoms with E-state index in [0.29, 0.717) is 6.54 Å². The van der Waals surface area contributed by atoms with E-state index in [0.717, 1.165) is 17.1 Å². The van der Waals surface area contributed by atoms with Crippen molar-refractivity contribution < 1.29 is 4.74 Å². The molecule has 1 aromatic carbocycles. The summed E-state index contributed by atoms with van der Waals surface area (Å²) >= 11 is 1.73. The Labute approximate surface area is 111 Å². The van der Waals surface area contributed by atoms with Gasteiger partial charge in [-0.1, -0.05) is 0 Å². The Hall–Kier alpha value is -1.52. The highest BCUT2D eigenvalue weighted by molar-refractivity contribution is 7.98. The first-order valence-corrected chi connectivity index (χ1v) is 6.92. The average molecular weight is 260 g/mol. The van der Waals surface area contributed by atoms with Gasteiger partial charge in [0.25, 0.3) is 0 Å². The van der Waals surface area contributed by atoms with Gasteiger partial charge >= 0.3 is 0 Å². The van der Waals surface area contributed by atoms with Crippen LogP contribution in [0.2, 0.25) is 0 Å². The summed E-state index contributed by atoms with van der Waals surface area (Å²) < 4.78 is 5.83. The predicted molar refractivity (Wildman–Crippen MR) is 75.2 cm³/mol. The zero-order valence-corrected chi connectivity index (χ0v) is 11.3. The second-order valence-electron chi connectivity index (χ2n) is 3.92. The average Bonchev–Trinajstić information content (AvgIpc) is 2.39. The van der Waals surface area contributed by atoms with Crippen molar-refractivity contribution in [1.29, 1.82) is 0 Å². The molecule has 4 heteroatoms. The maximum Gasteiger partial charge on any atom is 0.150 e. The number of nitrogens with zero attached hydrogens (tertiary/aromatic N) is 1. The van der Waals surface area contributed by atoms with Gasteiger partial charge in [-0.2, -0.15) is 0 Å². The quantitative estimate of drug-likeness (QED) is 0.856. The van der Waals surface area contributed by atoms with E-state index in [2.05, 4.69) is 24.2 Å². The summed E-state index contributed by atoms with van der Waals surface area (Å²) in [6.07, 6.45) is 5.48. The van der Waals surface area contributed by atoms with Crippen molar-refractivity contribution in [2.45, 2.75) is 18.4 Å². The molecule has 3 nitrogen and oxygen atoms in total. The maximum atomic E-state index is 5.83. The van der Waals surface area contributed by atoms with Crippen LogP contribution in [-0.2, 0) is 6.54 Å². The van der Waals surface area contributed by atoms with E-state index in [9.17, 15) is 0 Å². The van der Waals surface area contributed by atoms with Gasteiger partial charge in [0.15, 0.2) is 0 Å². The molecule has 94 valence electrons. The number of hydrogen-bond acceptors (Lipinski definition) is 4. The van der Waals surface area contributed by atoms with Crippen molar-refractivity contribution in [2.24, 2.45) is 5.73 Å². The number of thioether (sulfide) groups is 1. The second-order valence-corrected chi connectivity index (χ2v) is 4.77. The molecule has 18 heavy (non-hydrogen) atoms. The molecule has 0 aliphatic heterocycles. The standard InChI is InChI=1S/C14H16N2OS/c1-10-7-12(3-4-14(10)18-2)17-13-9-16-6-5-11(13)8-15/h3-7,9H,8,15H2,1-2H3. The fourth-order valence-corrected chi connectivity index (χ4v) is 2.30. The lowest BCUT2D eigenvalue weighted by atomic mass is 10.2. The molecule has 0 saturated heterocycles. The molecule has 0 atom stereocenters. The lowest BCUT2D eigenvalue weighted by Crippen LogP contribution is -1.99. The van der Waals surface area contributed by atoms with Crippen LogP contribution in [0.5, 0.6) is 11.5 Å². The van der Waals surface area contributed by atoms with Crippen LogP contribution in [0.15, 0.2) is 41.6 Å². The second kappa shape index (κ2) is 5.89. The summed E-state index contributed by atoms with van der Waals surface area (Å²) in [4.78, 5) is 5.32. The van der Waals surface area contributed by atoms with Crippen LogP contribution in [0.4, 0.5) is 0 Å². The van der Waals surface area contributed by atoms with Crippen LogP contribution in [0.25, 0.3) is 0 Å². The Morgan fingerprint density at radius 2 is 2.17 bits per heavy atom. The molecular formula is C14H16N2OS. The molecule has 1 heterocycles. The molecule has 0 aliphatic carbocycles. The molecule has 2 aromatic rings. The number of hydrogen-bond donors (Lipinski definition) is 1. The molecular weight excluding hydrogens is 244 g/mol. The SMILES string of the molecule is CSc1ccc(Oc2cnccc2CN)cc1C. The smallest absolute Gasteiger partial charge is 0.150 e. The monoisotopic (exact) mass is 260 g/mol. The van der Waals surface area contributed by atoms with E-state index >= 15 is 0 Å². The van der Waals surface area contributed by atoms with E-state index in [1.165, 1.54) is 10.5 Å². The van der Waals surface area contributed by atoms with E-state index in [4.69, 9.17) is 10.5 Å². The zero-order valence-electron chi connectivity index (χ0n) is 10.5.